The Balaban J connectivity index is 1.60. The zero-order valence-corrected chi connectivity index (χ0v) is 18.4. The topological polar surface area (TPSA) is 109 Å². The van der Waals surface area contributed by atoms with E-state index >= 15 is 0 Å². The van der Waals surface area contributed by atoms with Gasteiger partial charge in [0.1, 0.15) is 35.6 Å². The van der Waals surface area contributed by atoms with E-state index in [1.807, 2.05) is 0 Å². The second-order valence-corrected chi connectivity index (χ2v) is 9.37. The van der Waals surface area contributed by atoms with Crippen molar-refractivity contribution in [3.05, 3.63) is 58.9 Å². The van der Waals surface area contributed by atoms with Crippen molar-refractivity contribution in [3.63, 3.8) is 0 Å². The summed E-state index contributed by atoms with van der Waals surface area (Å²) in [4.78, 5) is 10.4. The van der Waals surface area contributed by atoms with Crippen molar-refractivity contribution >= 4 is 19.7 Å². The van der Waals surface area contributed by atoms with Gasteiger partial charge >= 0.3 is 0 Å². The highest BCUT2D eigenvalue weighted by atomic mass is 35.5. The van der Waals surface area contributed by atoms with E-state index in [1.54, 1.807) is 30.3 Å². The molecule has 1 aliphatic heterocycles. The third-order valence-electron chi connectivity index (χ3n) is 5.05. The summed E-state index contributed by atoms with van der Waals surface area (Å²) >= 11 is 6.01. The van der Waals surface area contributed by atoms with Crippen LogP contribution in [0.15, 0.2) is 42.5 Å². The van der Waals surface area contributed by atoms with Crippen molar-refractivity contribution in [2.75, 3.05) is 13.3 Å². The van der Waals surface area contributed by atoms with Gasteiger partial charge in [-0.3, -0.25) is 0 Å². The highest BCUT2D eigenvalue weighted by Gasteiger charge is 2.44. The maximum absolute atomic E-state index is 13.9. The van der Waals surface area contributed by atoms with Gasteiger partial charge in [-0.1, -0.05) is 17.7 Å². The lowest BCUT2D eigenvalue weighted by Crippen LogP contribution is -2.59. The van der Waals surface area contributed by atoms with Crippen LogP contribution in [0.25, 0.3) is 0 Å². The fourth-order valence-corrected chi connectivity index (χ4v) is 4.98. The summed E-state index contributed by atoms with van der Waals surface area (Å²) in [6.07, 6.45) is -6.01. The maximum atomic E-state index is 13.9. The van der Waals surface area contributed by atoms with E-state index in [0.717, 1.165) is 0 Å². The van der Waals surface area contributed by atoms with Crippen LogP contribution in [-0.4, -0.2) is 64.2 Å². The molecule has 0 aliphatic carbocycles. The molecule has 0 aromatic heterocycles. The van der Waals surface area contributed by atoms with Gasteiger partial charge in [-0.05, 0) is 49.0 Å². The maximum Gasteiger partial charge on any atom is 0.229 e. The van der Waals surface area contributed by atoms with Crippen molar-refractivity contribution < 1.29 is 38.8 Å². The second-order valence-electron chi connectivity index (χ2n) is 7.19. The average Bonchev–Trinajstić information content (AvgIpc) is 2.76. The van der Waals surface area contributed by atoms with Gasteiger partial charge in [-0.25, -0.2) is 4.39 Å². The molecule has 31 heavy (non-hydrogen) atoms. The number of aliphatic hydroxyl groups is 3. The lowest BCUT2D eigenvalue weighted by atomic mass is 9.97. The fourth-order valence-electron chi connectivity index (χ4n) is 3.26. The Hall–Kier alpha value is -1.51. The van der Waals surface area contributed by atoms with Crippen LogP contribution in [0, 0.1) is 5.82 Å². The number of hydrogen-bond acceptors (Lipinski definition) is 7. The third-order valence-corrected chi connectivity index (χ3v) is 6.86. The van der Waals surface area contributed by atoms with E-state index in [-0.39, 0.29) is 29.3 Å². The number of aliphatic hydroxyl groups excluding tert-OH is 3. The van der Waals surface area contributed by atoms with Crippen molar-refractivity contribution in [2.24, 2.45) is 0 Å². The summed E-state index contributed by atoms with van der Waals surface area (Å²) in [6.45, 7) is 0. The van der Waals surface area contributed by atoms with Gasteiger partial charge in [0.2, 0.25) is 6.29 Å². The van der Waals surface area contributed by atoms with Gasteiger partial charge in [0.05, 0.1) is 13.2 Å². The quantitative estimate of drug-likeness (QED) is 0.436. The Morgan fingerprint density at radius 2 is 1.71 bits per heavy atom. The van der Waals surface area contributed by atoms with Crippen LogP contribution in [0.4, 0.5) is 4.39 Å². The molecule has 1 heterocycles. The van der Waals surface area contributed by atoms with Gasteiger partial charge in [0.15, 0.2) is 0 Å². The summed E-state index contributed by atoms with van der Waals surface area (Å²) in [7, 11) is -0.111. The minimum absolute atomic E-state index is 0.0562. The molecule has 1 fully saturated rings. The minimum Gasteiger partial charge on any atom is -0.497 e. The van der Waals surface area contributed by atoms with Gasteiger partial charge in [-0.2, -0.15) is 0 Å². The van der Waals surface area contributed by atoms with Gasteiger partial charge in [0, 0.05) is 24.9 Å². The molecule has 0 spiro atoms. The zero-order valence-electron chi connectivity index (χ0n) is 16.8. The molecule has 1 aliphatic rings. The number of rotatable bonds is 8. The Morgan fingerprint density at radius 1 is 1.03 bits per heavy atom. The molecule has 4 N–H and O–H groups in total. The van der Waals surface area contributed by atoms with Crippen molar-refractivity contribution in [1.29, 1.82) is 0 Å². The average molecular weight is 475 g/mol. The number of hydrogen-bond donors (Lipinski definition) is 4. The molecule has 0 bridgehead atoms. The highest BCUT2D eigenvalue weighted by Crippen LogP contribution is 2.40. The van der Waals surface area contributed by atoms with Gasteiger partial charge in [-0.15, -0.1) is 0 Å². The van der Waals surface area contributed by atoms with Crippen molar-refractivity contribution in [1.82, 2.24) is 0 Å². The van der Waals surface area contributed by atoms with E-state index < -0.39 is 44.7 Å². The van der Waals surface area contributed by atoms with Crippen molar-refractivity contribution in [3.8, 4) is 11.5 Å². The molecule has 2 aromatic carbocycles. The van der Waals surface area contributed by atoms with Crippen LogP contribution >= 0.6 is 19.7 Å². The summed E-state index contributed by atoms with van der Waals surface area (Å²) in [5, 5.41) is 31.0. The predicted molar refractivity (Wildman–Crippen MR) is 114 cm³/mol. The molecule has 10 heteroatoms. The van der Waals surface area contributed by atoms with E-state index in [4.69, 9.17) is 25.8 Å². The number of methoxy groups -OCH3 is 1. The zero-order chi connectivity index (χ0) is 22.5. The highest BCUT2D eigenvalue weighted by molar-refractivity contribution is 7.50. The molecule has 4 unspecified atom stereocenters. The second kappa shape index (κ2) is 10.9. The van der Waals surface area contributed by atoms with Crippen LogP contribution in [0.3, 0.4) is 0 Å². The Bertz CT molecular complexity index is 836. The summed E-state index contributed by atoms with van der Waals surface area (Å²) in [6, 6.07) is 10.9. The number of halogens is 2. The molecule has 0 radical (unpaired) electrons. The van der Waals surface area contributed by atoms with Crippen molar-refractivity contribution in [2.45, 2.75) is 43.3 Å². The van der Waals surface area contributed by atoms with E-state index in [0.29, 0.717) is 11.5 Å². The van der Waals surface area contributed by atoms with Crippen LogP contribution in [0.2, 0.25) is 5.02 Å². The van der Waals surface area contributed by atoms with E-state index in [1.165, 1.54) is 19.2 Å². The molecule has 7 nitrogen and oxygen atoms in total. The molecule has 0 saturated carbocycles. The Labute approximate surface area is 185 Å². The molecule has 2 aromatic rings. The predicted octanol–water partition coefficient (Wildman–Crippen LogP) is 2.65. The third kappa shape index (κ3) is 6.05. The Kier molecular flexibility index (Phi) is 8.47. The first-order chi connectivity index (χ1) is 14.8. The molecule has 170 valence electrons. The lowest BCUT2D eigenvalue weighted by Gasteiger charge is -2.40. The van der Waals surface area contributed by atoms with Gasteiger partial charge in [0.25, 0.3) is 0 Å². The SMILES string of the molecule is COc1ccc(O[C@H]2OC(CCP(O)Cc3c(F)cccc3Cl)[C@@H](O)C(O)C2O)cc1. The molecule has 1 saturated heterocycles. The molecular weight excluding hydrogens is 450 g/mol. The first kappa shape index (κ1) is 24.1. The summed E-state index contributed by atoms with van der Waals surface area (Å²) in [5.74, 6) is 0.511. The van der Waals surface area contributed by atoms with E-state index in [2.05, 4.69) is 0 Å². The first-order valence-corrected chi connectivity index (χ1v) is 11.7. The van der Waals surface area contributed by atoms with E-state index in [9.17, 15) is 24.6 Å². The van der Waals surface area contributed by atoms with Crippen LogP contribution in [0.5, 0.6) is 11.5 Å². The summed E-state index contributed by atoms with van der Waals surface area (Å²) in [5.41, 5.74) is 0.235. The molecule has 0 amide bonds. The fraction of sp³-hybridized carbons (Fsp3) is 0.429. The minimum atomic E-state index is -1.64. The van der Waals surface area contributed by atoms with Crippen LogP contribution < -0.4 is 9.47 Å². The normalized spacial score (nSPS) is 27.0. The molecule has 6 atom stereocenters. The molecule has 3 rings (SSSR count). The smallest absolute Gasteiger partial charge is 0.229 e. The van der Waals surface area contributed by atoms with Crippen LogP contribution in [-0.2, 0) is 10.9 Å². The number of benzene rings is 2. The standard InChI is InChI=1S/C21H25ClFO7P/c1-28-12-5-7-13(8-6-12)29-21-20(26)19(25)18(24)17(30-21)9-10-31(27)11-14-15(22)3-2-4-16(14)23/h2-8,17-21,24-27H,9-11H2,1H3/t17?,18-,19?,20?,21+,31?/m1/s1. The molecular formula is C21H25ClFO7P. The largest absolute Gasteiger partial charge is 0.497 e. The van der Waals surface area contributed by atoms with Crippen LogP contribution in [0.1, 0.15) is 12.0 Å². The number of ether oxygens (including phenoxy) is 3. The lowest BCUT2D eigenvalue weighted by molar-refractivity contribution is -0.272. The summed E-state index contributed by atoms with van der Waals surface area (Å²) < 4.78 is 30.3. The Morgan fingerprint density at radius 3 is 2.35 bits per heavy atom. The van der Waals surface area contributed by atoms with Gasteiger partial charge < -0.3 is 34.4 Å². The first-order valence-electron chi connectivity index (χ1n) is 9.67. The monoisotopic (exact) mass is 474 g/mol.